The third kappa shape index (κ3) is 4.72. The third-order valence-electron chi connectivity index (χ3n) is 4.35. The summed E-state index contributed by atoms with van der Waals surface area (Å²) in [6.07, 6.45) is 2.53. The molecule has 1 aromatic rings. The monoisotopic (exact) mass is 308 g/mol. The van der Waals surface area contributed by atoms with E-state index in [-0.39, 0.29) is 11.8 Å². The highest BCUT2D eigenvalue weighted by Gasteiger charge is 2.25. The van der Waals surface area contributed by atoms with Crippen molar-refractivity contribution in [1.29, 1.82) is 0 Å². The van der Waals surface area contributed by atoms with Gasteiger partial charge in [-0.25, -0.2) is 0 Å². The lowest BCUT2D eigenvalue weighted by molar-refractivity contribution is -0.119. The molecule has 1 saturated heterocycles. The zero-order valence-electron chi connectivity index (χ0n) is 12.9. The van der Waals surface area contributed by atoms with Gasteiger partial charge in [-0.2, -0.15) is 0 Å². The van der Waals surface area contributed by atoms with Gasteiger partial charge in [0.15, 0.2) is 0 Å². The Morgan fingerprint density at radius 1 is 1.24 bits per heavy atom. The van der Waals surface area contributed by atoms with Crippen molar-refractivity contribution in [1.82, 2.24) is 4.90 Å². The number of primary amides is 1. The zero-order chi connectivity index (χ0) is 15.4. The summed E-state index contributed by atoms with van der Waals surface area (Å²) >= 11 is 5.92. The van der Waals surface area contributed by atoms with Crippen LogP contribution >= 0.6 is 11.6 Å². The Morgan fingerprint density at radius 3 is 2.24 bits per heavy atom. The normalized spacial score (nSPS) is 25.3. The van der Waals surface area contributed by atoms with E-state index in [0.717, 1.165) is 18.7 Å². The lowest BCUT2D eigenvalue weighted by Crippen LogP contribution is -2.38. The smallest absolute Gasteiger partial charge is 0.226 e. The molecule has 0 bridgehead atoms. The Balaban J connectivity index is 2.11. The molecule has 1 amide bonds. The number of carbonyl (C=O) groups excluding carboxylic acids is 1. The summed E-state index contributed by atoms with van der Waals surface area (Å²) in [7, 11) is 0. The first-order valence-corrected chi connectivity index (χ1v) is 8.10. The lowest BCUT2D eigenvalue weighted by Gasteiger charge is -2.27. The van der Waals surface area contributed by atoms with Gasteiger partial charge >= 0.3 is 0 Å². The largest absolute Gasteiger partial charge is 0.369 e. The maximum atomic E-state index is 11.9. The van der Waals surface area contributed by atoms with Crippen LogP contribution in [0.1, 0.15) is 38.2 Å². The van der Waals surface area contributed by atoms with Crippen molar-refractivity contribution in [3.8, 4) is 0 Å². The van der Waals surface area contributed by atoms with Crippen LogP contribution in [0.3, 0.4) is 0 Å². The highest BCUT2D eigenvalue weighted by Crippen LogP contribution is 2.24. The summed E-state index contributed by atoms with van der Waals surface area (Å²) in [6, 6.07) is 7.45. The quantitative estimate of drug-likeness (QED) is 0.928. The van der Waals surface area contributed by atoms with Crippen molar-refractivity contribution in [2.24, 2.45) is 17.6 Å². The summed E-state index contributed by atoms with van der Waals surface area (Å²) in [5, 5.41) is 0.680. The van der Waals surface area contributed by atoms with Gasteiger partial charge in [0, 0.05) is 24.7 Å². The van der Waals surface area contributed by atoms with Crippen LogP contribution in [0.4, 0.5) is 0 Å². The van der Waals surface area contributed by atoms with Crippen molar-refractivity contribution >= 4 is 17.5 Å². The number of nitrogens with two attached hydrogens (primary N) is 1. The van der Waals surface area contributed by atoms with Crippen LogP contribution in [0.2, 0.25) is 5.02 Å². The van der Waals surface area contributed by atoms with E-state index in [1.807, 2.05) is 24.3 Å². The molecule has 4 heteroatoms. The van der Waals surface area contributed by atoms with Crippen LogP contribution in [-0.2, 0) is 4.79 Å². The fourth-order valence-corrected chi connectivity index (χ4v) is 3.30. The third-order valence-corrected chi connectivity index (χ3v) is 4.60. The van der Waals surface area contributed by atoms with Crippen LogP contribution < -0.4 is 5.73 Å². The number of benzene rings is 1. The highest BCUT2D eigenvalue weighted by molar-refractivity contribution is 6.30. The fourth-order valence-electron chi connectivity index (χ4n) is 3.17. The molecular weight excluding hydrogens is 284 g/mol. The molecule has 0 saturated carbocycles. The zero-order valence-corrected chi connectivity index (χ0v) is 13.6. The molecule has 1 aromatic carbocycles. The van der Waals surface area contributed by atoms with Crippen LogP contribution in [0.25, 0.3) is 0 Å². The summed E-state index contributed by atoms with van der Waals surface area (Å²) < 4.78 is 0. The molecule has 0 spiro atoms. The molecule has 0 aliphatic carbocycles. The molecule has 1 aliphatic rings. The van der Waals surface area contributed by atoms with Crippen LogP contribution in [0, 0.1) is 11.8 Å². The van der Waals surface area contributed by atoms with E-state index in [9.17, 15) is 4.79 Å². The lowest BCUT2D eigenvalue weighted by atomic mass is 9.97. The molecule has 116 valence electrons. The fraction of sp³-hybridized carbons (Fsp3) is 0.588. The highest BCUT2D eigenvalue weighted by atomic mass is 35.5. The summed E-state index contributed by atoms with van der Waals surface area (Å²) in [5.41, 5.74) is 6.59. The van der Waals surface area contributed by atoms with Gasteiger partial charge in [-0.1, -0.05) is 37.6 Å². The minimum Gasteiger partial charge on any atom is -0.369 e. The van der Waals surface area contributed by atoms with Gasteiger partial charge < -0.3 is 10.6 Å². The van der Waals surface area contributed by atoms with Crippen molar-refractivity contribution in [2.75, 3.05) is 19.6 Å². The molecular formula is C17H25ClN2O. The molecule has 0 unspecified atom stereocenters. The predicted molar refractivity (Wildman–Crippen MR) is 87.4 cm³/mol. The number of carbonyl (C=O) groups is 1. The molecule has 0 radical (unpaired) electrons. The first-order chi connectivity index (χ1) is 9.95. The Bertz CT molecular complexity index is 462. The number of likely N-dealkylation sites (tertiary alicyclic amines) is 1. The van der Waals surface area contributed by atoms with Gasteiger partial charge in [-0.3, -0.25) is 4.79 Å². The Morgan fingerprint density at radius 2 is 1.76 bits per heavy atom. The van der Waals surface area contributed by atoms with E-state index in [0.29, 0.717) is 23.4 Å². The molecule has 3 nitrogen and oxygen atoms in total. The van der Waals surface area contributed by atoms with E-state index in [2.05, 4.69) is 18.7 Å². The van der Waals surface area contributed by atoms with Crippen molar-refractivity contribution in [3.05, 3.63) is 34.9 Å². The van der Waals surface area contributed by atoms with E-state index < -0.39 is 0 Å². The summed E-state index contributed by atoms with van der Waals surface area (Å²) in [4.78, 5) is 14.3. The second-order valence-corrected chi connectivity index (χ2v) is 6.95. The van der Waals surface area contributed by atoms with E-state index in [1.165, 1.54) is 12.8 Å². The second-order valence-electron chi connectivity index (χ2n) is 6.51. The second kappa shape index (κ2) is 7.28. The molecule has 1 fully saturated rings. The van der Waals surface area contributed by atoms with Gasteiger partial charge in [0.2, 0.25) is 5.91 Å². The number of hydrogen-bond acceptors (Lipinski definition) is 2. The maximum absolute atomic E-state index is 11.9. The predicted octanol–water partition coefficient (Wildman–Crippen LogP) is 3.28. The van der Waals surface area contributed by atoms with Crippen molar-refractivity contribution in [2.45, 2.75) is 32.6 Å². The van der Waals surface area contributed by atoms with Crippen molar-refractivity contribution in [3.63, 3.8) is 0 Å². The van der Waals surface area contributed by atoms with Crippen molar-refractivity contribution < 1.29 is 4.79 Å². The molecule has 1 aliphatic heterocycles. The van der Waals surface area contributed by atoms with Crippen LogP contribution in [0.5, 0.6) is 0 Å². The minimum absolute atomic E-state index is 0.262. The van der Waals surface area contributed by atoms with Gasteiger partial charge in [0.25, 0.3) is 0 Å². The standard InChI is InChI=1S/C17H25ClN2O/c1-12-3-4-13(2)10-20(9-12)11-16(17(19)21)14-5-7-15(18)8-6-14/h5-8,12-13,16H,3-4,9-11H2,1-2H3,(H2,19,21)/t12-,13+,16-/m0/s1. The van der Waals surface area contributed by atoms with Crippen LogP contribution in [-0.4, -0.2) is 30.4 Å². The molecule has 0 aromatic heterocycles. The molecule has 2 N–H and O–H groups in total. The summed E-state index contributed by atoms with van der Waals surface area (Å²) in [5.74, 6) is 0.823. The molecule has 3 atom stereocenters. The average Bonchev–Trinajstić information content (AvgIpc) is 2.58. The van der Waals surface area contributed by atoms with E-state index in [1.54, 1.807) is 0 Å². The SMILES string of the molecule is C[C@@H]1CC[C@H](C)CN(C[C@H](C(N)=O)c2ccc(Cl)cc2)C1. The first kappa shape index (κ1) is 16.3. The Hall–Kier alpha value is -1.06. The minimum atomic E-state index is -0.264. The van der Waals surface area contributed by atoms with E-state index in [4.69, 9.17) is 17.3 Å². The van der Waals surface area contributed by atoms with E-state index >= 15 is 0 Å². The first-order valence-electron chi connectivity index (χ1n) is 7.73. The molecule has 1 heterocycles. The molecule has 2 rings (SSSR count). The Labute approximate surface area is 132 Å². The van der Waals surface area contributed by atoms with Gasteiger partial charge in [0.05, 0.1) is 5.92 Å². The number of hydrogen-bond donors (Lipinski definition) is 1. The average molecular weight is 309 g/mol. The number of halogens is 1. The van der Waals surface area contributed by atoms with Gasteiger partial charge in [-0.05, 0) is 42.4 Å². The Kier molecular flexibility index (Phi) is 5.65. The topological polar surface area (TPSA) is 46.3 Å². The van der Waals surface area contributed by atoms with Gasteiger partial charge in [-0.15, -0.1) is 0 Å². The van der Waals surface area contributed by atoms with Gasteiger partial charge in [0.1, 0.15) is 0 Å². The number of nitrogens with zero attached hydrogens (tertiary/aromatic N) is 1. The molecule has 21 heavy (non-hydrogen) atoms. The number of rotatable bonds is 4. The maximum Gasteiger partial charge on any atom is 0.226 e. The van der Waals surface area contributed by atoms with Crippen LogP contribution in [0.15, 0.2) is 24.3 Å². The summed E-state index contributed by atoms with van der Waals surface area (Å²) in [6.45, 7) is 7.36. The number of amides is 1.